The largest absolute Gasteiger partial charge is 0.0894 e. The maximum Gasteiger partial charge on any atom is 0.0735 e. The van der Waals surface area contributed by atoms with Crippen molar-refractivity contribution in [3.05, 3.63) is 166 Å². The van der Waals surface area contributed by atoms with Crippen LogP contribution in [0, 0.1) is 27.7 Å². The molecule has 1 heterocycles. The Balaban J connectivity index is 1.48. The Hall–Kier alpha value is -4.33. The molecule has 202 valence electrons. The summed E-state index contributed by atoms with van der Waals surface area (Å²) in [6.45, 7) is 8.78. The van der Waals surface area contributed by atoms with E-state index < -0.39 is 5.41 Å². The van der Waals surface area contributed by atoms with E-state index in [1.54, 1.807) is 0 Å². The Labute approximate surface area is 253 Å². The first-order valence-electron chi connectivity index (χ1n) is 14.8. The van der Waals surface area contributed by atoms with Gasteiger partial charge in [-0.1, -0.05) is 131 Å². The van der Waals surface area contributed by atoms with E-state index in [1.807, 2.05) is 11.8 Å². The summed E-state index contributed by atoms with van der Waals surface area (Å²) in [7, 11) is 0. The number of fused-ring (bicyclic) bond motifs is 9. The van der Waals surface area contributed by atoms with Gasteiger partial charge in [0.05, 0.1) is 5.41 Å². The van der Waals surface area contributed by atoms with Crippen LogP contribution in [0.15, 0.2) is 131 Å². The molecule has 0 N–H and O–H groups in total. The first kappa shape index (κ1) is 25.4. The second kappa shape index (κ2) is 9.34. The van der Waals surface area contributed by atoms with E-state index in [2.05, 4.69) is 149 Å². The van der Waals surface area contributed by atoms with Gasteiger partial charge in [-0.15, -0.1) is 0 Å². The zero-order valence-corrected chi connectivity index (χ0v) is 25.3. The predicted molar refractivity (Wildman–Crippen MR) is 178 cm³/mol. The molecular formula is C41H32S. The Morgan fingerprint density at radius 1 is 0.381 bits per heavy atom. The van der Waals surface area contributed by atoms with Crippen molar-refractivity contribution >= 4 is 11.8 Å². The molecule has 0 nitrogen and oxygen atoms in total. The average Bonchev–Trinajstić information content (AvgIpc) is 3.26. The number of hydrogen-bond donors (Lipinski definition) is 0. The maximum absolute atomic E-state index is 2.49. The van der Waals surface area contributed by atoms with E-state index in [-0.39, 0.29) is 0 Å². The molecule has 0 amide bonds. The Bertz CT molecular complexity index is 1870. The second-order valence-electron chi connectivity index (χ2n) is 12.1. The van der Waals surface area contributed by atoms with E-state index in [0.29, 0.717) is 0 Å². The van der Waals surface area contributed by atoms with E-state index in [9.17, 15) is 0 Å². The molecule has 0 bridgehead atoms. The third-order valence-corrected chi connectivity index (χ3v) is 10.2. The van der Waals surface area contributed by atoms with Crippen molar-refractivity contribution in [1.29, 1.82) is 0 Å². The van der Waals surface area contributed by atoms with Gasteiger partial charge in [0.25, 0.3) is 0 Å². The van der Waals surface area contributed by atoms with Gasteiger partial charge in [-0.2, -0.15) is 0 Å². The van der Waals surface area contributed by atoms with Crippen LogP contribution in [-0.2, 0) is 5.41 Å². The lowest BCUT2D eigenvalue weighted by Crippen LogP contribution is -2.32. The summed E-state index contributed by atoms with van der Waals surface area (Å²) in [5, 5.41) is 0. The van der Waals surface area contributed by atoms with Gasteiger partial charge in [0.2, 0.25) is 0 Å². The first-order valence-corrected chi connectivity index (χ1v) is 15.6. The fraction of sp³-hybridized carbons (Fsp3) is 0.122. The molecule has 1 aliphatic heterocycles. The number of aryl methyl sites for hydroxylation is 4. The van der Waals surface area contributed by atoms with Crippen molar-refractivity contribution in [3.63, 3.8) is 0 Å². The van der Waals surface area contributed by atoms with Gasteiger partial charge < -0.3 is 0 Å². The van der Waals surface area contributed by atoms with Gasteiger partial charge in [0, 0.05) is 9.79 Å². The molecule has 1 aliphatic carbocycles. The standard InChI is InChI=1S/C41H32S/c1-25-17-26(2)20-31(19-25)29-13-15-33-34-16-14-30(32-21-27(3)18-28(4)22-32)24-38(34)41(37(33)23-29)35-9-5-7-11-39(35)42-40-12-8-6-10-36(40)41/h5-24H,1-4H3. The van der Waals surface area contributed by atoms with E-state index in [4.69, 9.17) is 0 Å². The normalized spacial score (nSPS) is 13.8. The summed E-state index contributed by atoms with van der Waals surface area (Å²) < 4.78 is 0. The molecule has 6 aromatic carbocycles. The van der Waals surface area contributed by atoms with Crippen molar-refractivity contribution < 1.29 is 0 Å². The minimum absolute atomic E-state index is 0.396. The Kier molecular flexibility index (Phi) is 5.65. The van der Waals surface area contributed by atoms with Gasteiger partial charge in [-0.3, -0.25) is 0 Å². The van der Waals surface area contributed by atoms with Crippen molar-refractivity contribution in [3.8, 4) is 33.4 Å². The molecule has 0 radical (unpaired) electrons. The lowest BCUT2D eigenvalue weighted by Gasteiger charge is -2.40. The third kappa shape index (κ3) is 3.70. The van der Waals surface area contributed by atoms with Gasteiger partial charge >= 0.3 is 0 Å². The molecule has 0 fully saturated rings. The molecule has 0 unspecified atom stereocenters. The SMILES string of the molecule is Cc1cc(C)cc(-c2ccc3c(c2)C2(c4ccccc4Sc4ccccc42)c2cc(-c4cc(C)cc(C)c4)ccc2-3)c1. The lowest BCUT2D eigenvalue weighted by molar-refractivity contribution is 0.723. The fourth-order valence-corrected chi connectivity index (χ4v) is 8.73. The quantitative estimate of drug-likeness (QED) is 0.204. The molecule has 0 aromatic heterocycles. The van der Waals surface area contributed by atoms with Crippen LogP contribution < -0.4 is 0 Å². The summed E-state index contributed by atoms with van der Waals surface area (Å²) in [4.78, 5) is 2.67. The first-order chi connectivity index (χ1) is 20.4. The average molecular weight is 557 g/mol. The van der Waals surface area contributed by atoms with Crippen molar-refractivity contribution in [2.75, 3.05) is 0 Å². The molecule has 1 heteroatoms. The van der Waals surface area contributed by atoms with Crippen molar-refractivity contribution in [1.82, 2.24) is 0 Å². The van der Waals surface area contributed by atoms with Crippen molar-refractivity contribution in [2.24, 2.45) is 0 Å². The summed E-state index contributed by atoms with van der Waals surface area (Å²) >= 11 is 1.90. The van der Waals surface area contributed by atoms with E-state index in [1.165, 1.54) is 87.7 Å². The van der Waals surface area contributed by atoms with Gasteiger partial charge in [0.1, 0.15) is 0 Å². The lowest BCUT2D eigenvalue weighted by atomic mass is 9.67. The zero-order chi connectivity index (χ0) is 28.6. The summed E-state index contributed by atoms with van der Waals surface area (Å²) in [6, 6.07) is 46.3. The molecule has 0 saturated heterocycles. The summed E-state index contributed by atoms with van der Waals surface area (Å²) in [6.07, 6.45) is 0. The van der Waals surface area contributed by atoms with Crippen LogP contribution in [0.1, 0.15) is 44.5 Å². The predicted octanol–water partition coefficient (Wildman–Crippen LogP) is 11.1. The number of benzene rings is 6. The number of hydrogen-bond acceptors (Lipinski definition) is 1. The topological polar surface area (TPSA) is 0 Å². The fourth-order valence-electron chi connectivity index (χ4n) is 7.54. The van der Waals surface area contributed by atoms with E-state index in [0.717, 1.165) is 0 Å². The van der Waals surface area contributed by atoms with Crippen LogP contribution in [0.3, 0.4) is 0 Å². The van der Waals surface area contributed by atoms with Crippen LogP contribution >= 0.6 is 11.8 Å². The minimum Gasteiger partial charge on any atom is -0.0894 e. The van der Waals surface area contributed by atoms with Crippen molar-refractivity contribution in [2.45, 2.75) is 42.9 Å². The minimum atomic E-state index is -0.396. The maximum atomic E-state index is 2.49. The molecule has 0 atom stereocenters. The van der Waals surface area contributed by atoms with Gasteiger partial charge in [0.15, 0.2) is 0 Å². The zero-order valence-electron chi connectivity index (χ0n) is 24.5. The highest BCUT2D eigenvalue weighted by Gasteiger charge is 2.50. The highest BCUT2D eigenvalue weighted by molar-refractivity contribution is 7.99. The smallest absolute Gasteiger partial charge is 0.0735 e. The highest BCUT2D eigenvalue weighted by atomic mass is 32.2. The van der Waals surface area contributed by atoms with Crippen LogP contribution in [0.2, 0.25) is 0 Å². The summed E-state index contributed by atoms with van der Waals surface area (Å²) in [5.41, 5.74) is 18.1. The molecule has 0 saturated carbocycles. The van der Waals surface area contributed by atoms with Crippen LogP contribution in [0.5, 0.6) is 0 Å². The Morgan fingerprint density at radius 3 is 1.21 bits per heavy atom. The summed E-state index contributed by atoms with van der Waals surface area (Å²) in [5.74, 6) is 0. The van der Waals surface area contributed by atoms with Crippen LogP contribution in [0.25, 0.3) is 33.4 Å². The molecule has 6 aromatic rings. The van der Waals surface area contributed by atoms with Gasteiger partial charge in [-0.05, 0) is 108 Å². The van der Waals surface area contributed by atoms with Crippen LogP contribution in [0.4, 0.5) is 0 Å². The third-order valence-electron chi connectivity index (χ3n) is 9.05. The second-order valence-corrected chi connectivity index (χ2v) is 13.2. The van der Waals surface area contributed by atoms with E-state index >= 15 is 0 Å². The number of rotatable bonds is 2. The highest BCUT2D eigenvalue weighted by Crippen LogP contribution is 2.62. The monoisotopic (exact) mass is 556 g/mol. The molecule has 2 aliphatic rings. The van der Waals surface area contributed by atoms with Crippen LogP contribution in [-0.4, -0.2) is 0 Å². The molecular weight excluding hydrogens is 525 g/mol. The molecule has 8 rings (SSSR count). The Morgan fingerprint density at radius 2 is 0.786 bits per heavy atom. The molecule has 1 spiro atoms. The molecule has 42 heavy (non-hydrogen) atoms. The van der Waals surface area contributed by atoms with Gasteiger partial charge in [-0.25, -0.2) is 0 Å².